The standard InChI is InChI=1S/C11H9BrN2O/c1-8-4-6-14-11(10(8)12)15-9-3-2-5-13-7-9/h2-7H,1H3. The molecule has 0 unspecified atom stereocenters. The number of ether oxygens (including phenoxy) is 1. The summed E-state index contributed by atoms with van der Waals surface area (Å²) in [5.74, 6) is 1.24. The number of nitrogens with zero attached hydrogens (tertiary/aromatic N) is 2. The molecule has 4 heteroatoms. The third-order valence-corrected chi connectivity index (χ3v) is 2.86. The molecule has 76 valence electrons. The Hall–Kier alpha value is -1.42. The minimum atomic E-state index is 0.558. The van der Waals surface area contributed by atoms with Crippen molar-refractivity contribution in [3.05, 3.63) is 46.8 Å². The zero-order valence-corrected chi connectivity index (χ0v) is 9.73. The second kappa shape index (κ2) is 4.40. The van der Waals surface area contributed by atoms with Gasteiger partial charge in [0.25, 0.3) is 0 Å². The molecule has 2 rings (SSSR count). The molecule has 0 saturated heterocycles. The van der Waals surface area contributed by atoms with Crippen LogP contribution in [0.3, 0.4) is 0 Å². The molecule has 0 atom stereocenters. The number of aryl methyl sites for hydroxylation is 1. The molecule has 2 aromatic rings. The number of hydrogen-bond acceptors (Lipinski definition) is 3. The van der Waals surface area contributed by atoms with E-state index in [0.717, 1.165) is 10.0 Å². The van der Waals surface area contributed by atoms with Crippen molar-refractivity contribution in [3.63, 3.8) is 0 Å². The van der Waals surface area contributed by atoms with Crippen LogP contribution in [0.1, 0.15) is 5.56 Å². The summed E-state index contributed by atoms with van der Waals surface area (Å²) in [6.07, 6.45) is 5.06. The summed E-state index contributed by atoms with van der Waals surface area (Å²) in [5, 5.41) is 0. The fraction of sp³-hybridized carbons (Fsp3) is 0.0909. The van der Waals surface area contributed by atoms with Crippen molar-refractivity contribution in [3.8, 4) is 11.6 Å². The Balaban J connectivity index is 2.29. The smallest absolute Gasteiger partial charge is 0.233 e. The van der Waals surface area contributed by atoms with Crippen LogP contribution in [0, 0.1) is 6.92 Å². The van der Waals surface area contributed by atoms with Crippen molar-refractivity contribution in [2.24, 2.45) is 0 Å². The zero-order valence-electron chi connectivity index (χ0n) is 8.14. The number of rotatable bonds is 2. The minimum Gasteiger partial charge on any atom is -0.436 e. The first-order valence-electron chi connectivity index (χ1n) is 4.46. The molecule has 0 bridgehead atoms. The molecule has 0 spiro atoms. The molecule has 0 amide bonds. The predicted molar refractivity (Wildman–Crippen MR) is 61.0 cm³/mol. The quantitative estimate of drug-likeness (QED) is 0.835. The van der Waals surface area contributed by atoms with Gasteiger partial charge in [-0.25, -0.2) is 4.98 Å². The van der Waals surface area contributed by atoms with E-state index in [9.17, 15) is 0 Å². The van der Waals surface area contributed by atoms with Crippen LogP contribution in [-0.2, 0) is 0 Å². The highest BCUT2D eigenvalue weighted by Gasteiger charge is 2.05. The van der Waals surface area contributed by atoms with Crippen molar-refractivity contribution in [2.75, 3.05) is 0 Å². The lowest BCUT2D eigenvalue weighted by Crippen LogP contribution is -1.90. The van der Waals surface area contributed by atoms with E-state index in [0.29, 0.717) is 11.6 Å². The highest BCUT2D eigenvalue weighted by molar-refractivity contribution is 9.10. The van der Waals surface area contributed by atoms with Crippen LogP contribution in [-0.4, -0.2) is 9.97 Å². The Bertz CT molecular complexity index is 459. The lowest BCUT2D eigenvalue weighted by molar-refractivity contribution is 0.457. The van der Waals surface area contributed by atoms with Gasteiger partial charge in [0.2, 0.25) is 5.88 Å². The van der Waals surface area contributed by atoms with Crippen LogP contribution in [0.15, 0.2) is 41.3 Å². The number of hydrogen-bond donors (Lipinski definition) is 0. The molecule has 0 radical (unpaired) electrons. The third-order valence-electron chi connectivity index (χ3n) is 1.90. The Kier molecular flexibility index (Phi) is 2.97. The molecule has 0 aromatic carbocycles. The highest BCUT2D eigenvalue weighted by atomic mass is 79.9. The van der Waals surface area contributed by atoms with Crippen LogP contribution in [0.4, 0.5) is 0 Å². The van der Waals surface area contributed by atoms with Crippen molar-refractivity contribution >= 4 is 15.9 Å². The second-order valence-electron chi connectivity index (χ2n) is 3.04. The first kappa shape index (κ1) is 10.1. The van der Waals surface area contributed by atoms with Gasteiger partial charge < -0.3 is 4.74 Å². The predicted octanol–water partition coefficient (Wildman–Crippen LogP) is 3.34. The largest absolute Gasteiger partial charge is 0.436 e. The van der Waals surface area contributed by atoms with Gasteiger partial charge in [-0.15, -0.1) is 0 Å². The first-order chi connectivity index (χ1) is 7.27. The van der Waals surface area contributed by atoms with Crippen molar-refractivity contribution in [2.45, 2.75) is 6.92 Å². The van der Waals surface area contributed by atoms with Crippen molar-refractivity contribution in [1.82, 2.24) is 9.97 Å². The van der Waals surface area contributed by atoms with Gasteiger partial charge >= 0.3 is 0 Å². The van der Waals surface area contributed by atoms with E-state index in [-0.39, 0.29) is 0 Å². The highest BCUT2D eigenvalue weighted by Crippen LogP contribution is 2.28. The molecule has 0 saturated carbocycles. The van der Waals surface area contributed by atoms with Gasteiger partial charge in [-0.2, -0.15) is 0 Å². The van der Waals surface area contributed by atoms with Crippen LogP contribution in [0.5, 0.6) is 11.6 Å². The van der Waals surface area contributed by atoms with E-state index in [1.807, 2.05) is 25.1 Å². The molecule has 0 aliphatic carbocycles. The van der Waals surface area contributed by atoms with Crippen LogP contribution in [0.2, 0.25) is 0 Å². The lowest BCUT2D eigenvalue weighted by atomic mass is 10.3. The molecule has 0 N–H and O–H groups in total. The Morgan fingerprint density at radius 3 is 2.87 bits per heavy atom. The summed E-state index contributed by atoms with van der Waals surface area (Å²) in [5.41, 5.74) is 1.09. The molecule has 0 aliphatic rings. The summed E-state index contributed by atoms with van der Waals surface area (Å²) in [7, 11) is 0. The molecular weight excluding hydrogens is 256 g/mol. The number of aromatic nitrogens is 2. The summed E-state index contributed by atoms with van der Waals surface area (Å²) in [6, 6.07) is 5.57. The fourth-order valence-electron chi connectivity index (χ4n) is 1.11. The van der Waals surface area contributed by atoms with Gasteiger partial charge in [-0.3, -0.25) is 4.98 Å². The fourth-order valence-corrected chi connectivity index (χ4v) is 1.42. The normalized spacial score (nSPS) is 10.0. The first-order valence-corrected chi connectivity index (χ1v) is 5.25. The molecule has 15 heavy (non-hydrogen) atoms. The van der Waals surface area contributed by atoms with Gasteiger partial charge in [0, 0.05) is 12.4 Å². The SMILES string of the molecule is Cc1ccnc(Oc2cccnc2)c1Br. The average Bonchev–Trinajstić information content (AvgIpc) is 2.26. The van der Waals surface area contributed by atoms with Crippen LogP contribution < -0.4 is 4.74 Å². The average molecular weight is 265 g/mol. The number of halogens is 1. The van der Waals surface area contributed by atoms with E-state index < -0.39 is 0 Å². The van der Waals surface area contributed by atoms with Crippen LogP contribution in [0.25, 0.3) is 0 Å². The van der Waals surface area contributed by atoms with E-state index in [1.165, 1.54) is 0 Å². The van der Waals surface area contributed by atoms with E-state index in [1.54, 1.807) is 18.6 Å². The van der Waals surface area contributed by atoms with Crippen molar-refractivity contribution in [1.29, 1.82) is 0 Å². The molecule has 2 heterocycles. The summed E-state index contributed by atoms with van der Waals surface area (Å²) >= 11 is 3.43. The summed E-state index contributed by atoms with van der Waals surface area (Å²) < 4.78 is 6.44. The topological polar surface area (TPSA) is 35.0 Å². The minimum absolute atomic E-state index is 0.558. The Morgan fingerprint density at radius 1 is 1.27 bits per heavy atom. The molecule has 3 nitrogen and oxygen atoms in total. The Labute approximate surface area is 96.3 Å². The molecule has 0 aliphatic heterocycles. The summed E-state index contributed by atoms with van der Waals surface area (Å²) in [6.45, 7) is 1.99. The maximum absolute atomic E-state index is 5.57. The maximum atomic E-state index is 5.57. The Morgan fingerprint density at radius 2 is 2.13 bits per heavy atom. The second-order valence-corrected chi connectivity index (χ2v) is 3.83. The van der Waals surface area contributed by atoms with E-state index >= 15 is 0 Å². The van der Waals surface area contributed by atoms with E-state index in [2.05, 4.69) is 25.9 Å². The molecule has 2 aromatic heterocycles. The van der Waals surface area contributed by atoms with Crippen LogP contribution >= 0.6 is 15.9 Å². The van der Waals surface area contributed by atoms with Gasteiger partial charge in [-0.1, -0.05) is 0 Å². The lowest BCUT2D eigenvalue weighted by Gasteiger charge is -2.06. The van der Waals surface area contributed by atoms with Gasteiger partial charge in [-0.05, 0) is 46.6 Å². The van der Waals surface area contributed by atoms with Gasteiger partial charge in [0.1, 0.15) is 5.75 Å². The zero-order chi connectivity index (χ0) is 10.7. The van der Waals surface area contributed by atoms with Gasteiger partial charge in [0.05, 0.1) is 10.7 Å². The molecular formula is C11H9BrN2O. The third kappa shape index (κ3) is 2.33. The summed E-state index contributed by atoms with van der Waals surface area (Å²) in [4.78, 5) is 8.10. The number of pyridine rings is 2. The van der Waals surface area contributed by atoms with E-state index in [4.69, 9.17) is 4.74 Å². The van der Waals surface area contributed by atoms with Crippen molar-refractivity contribution < 1.29 is 4.74 Å². The molecule has 0 fully saturated rings. The maximum Gasteiger partial charge on any atom is 0.233 e. The van der Waals surface area contributed by atoms with Gasteiger partial charge in [0.15, 0.2) is 0 Å². The monoisotopic (exact) mass is 264 g/mol.